The highest BCUT2D eigenvalue weighted by molar-refractivity contribution is 5.58. The smallest absolute Gasteiger partial charge is 0.142 e. The van der Waals surface area contributed by atoms with Gasteiger partial charge in [-0.15, -0.1) is 0 Å². The van der Waals surface area contributed by atoms with E-state index in [4.69, 9.17) is 14.2 Å². The van der Waals surface area contributed by atoms with E-state index in [0.717, 1.165) is 50.0 Å². The van der Waals surface area contributed by atoms with Crippen molar-refractivity contribution in [3.63, 3.8) is 0 Å². The number of hydrogen-bond acceptors (Lipinski definition) is 5. The molecule has 2 aromatic carbocycles. The van der Waals surface area contributed by atoms with E-state index in [1.54, 1.807) is 21.3 Å². The molecule has 5 heteroatoms. The molecule has 3 rings (SSSR count). The van der Waals surface area contributed by atoms with Crippen molar-refractivity contribution in [2.24, 2.45) is 0 Å². The van der Waals surface area contributed by atoms with Gasteiger partial charge in [-0.05, 0) is 29.8 Å². The summed E-state index contributed by atoms with van der Waals surface area (Å²) in [6, 6.07) is 14.3. The van der Waals surface area contributed by atoms with E-state index < -0.39 is 0 Å². The maximum atomic E-state index is 5.49. The van der Waals surface area contributed by atoms with Gasteiger partial charge in [0.25, 0.3) is 0 Å². The number of para-hydroxylation sites is 2. The van der Waals surface area contributed by atoms with Gasteiger partial charge < -0.3 is 19.1 Å². The van der Waals surface area contributed by atoms with Crippen LogP contribution in [-0.4, -0.2) is 52.4 Å². The molecule has 0 saturated carbocycles. The Morgan fingerprint density at radius 3 is 2.04 bits per heavy atom. The minimum atomic E-state index is 0.835. The lowest BCUT2D eigenvalue weighted by Crippen LogP contribution is -2.46. The van der Waals surface area contributed by atoms with Crippen LogP contribution in [-0.2, 0) is 6.54 Å². The summed E-state index contributed by atoms with van der Waals surface area (Å²) in [7, 11) is 5.10. The summed E-state index contributed by atoms with van der Waals surface area (Å²) in [4.78, 5) is 4.85. The number of rotatable bonds is 6. The summed E-state index contributed by atoms with van der Waals surface area (Å²) in [5.74, 6) is 2.61. The van der Waals surface area contributed by atoms with Crippen molar-refractivity contribution in [3.05, 3.63) is 48.0 Å². The quantitative estimate of drug-likeness (QED) is 0.806. The van der Waals surface area contributed by atoms with E-state index in [-0.39, 0.29) is 0 Å². The van der Waals surface area contributed by atoms with Crippen LogP contribution in [0.15, 0.2) is 42.5 Å². The molecule has 1 saturated heterocycles. The van der Waals surface area contributed by atoms with E-state index in [1.165, 1.54) is 11.3 Å². The Bertz CT molecular complexity index is 675. The zero-order chi connectivity index (χ0) is 17.6. The van der Waals surface area contributed by atoms with Crippen molar-refractivity contribution in [2.75, 3.05) is 52.4 Å². The fourth-order valence-electron chi connectivity index (χ4n) is 3.25. The summed E-state index contributed by atoms with van der Waals surface area (Å²) < 4.78 is 16.2. The highest BCUT2D eigenvalue weighted by atomic mass is 16.5. The standard InChI is InChI=1S/C20H26N2O3/c1-23-17-12-16(13-18(14-17)24-2)15-21-8-10-22(11-9-21)19-6-4-5-7-20(19)25-3/h4-7,12-14H,8-11,15H2,1-3H3. The summed E-state index contributed by atoms with van der Waals surface area (Å²) in [6.45, 7) is 4.89. The number of piperazine rings is 1. The Morgan fingerprint density at radius 1 is 0.800 bits per heavy atom. The molecule has 1 heterocycles. The molecule has 0 unspecified atom stereocenters. The molecular weight excluding hydrogens is 316 g/mol. The van der Waals surface area contributed by atoms with E-state index in [2.05, 4.69) is 34.1 Å². The van der Waals surface area contributed by atoms with E-state index in [0.29, 0.717) is 0 Å². The first-order valence-electron chi connectivity index (χ1n) is 8.55. The second-order valence-corrected chi connectivity index (χ2v) is 6.16. The van der Waals surface area contributed by atoms with Gasteiger partial charge in [0.1, 0.15) is 17.2 Å². The zero-order valence-corrected chi connectivity index (χ0v) is 15.2. The molecule has 1 fully saturated rings. The molecule has 1 aliphatic rings. The number of anilines is 1. The minimum Gasteiger partial charge on any atom is -0.497 e. The fraction of sp³-hybridized carbons (Fsp3) is 0.400. The number of ether oxygens (including phenoxy) is 3. The third-order valence-electron chi connectivity index (χ3n) is 4.62. The highest BCUT2D eigenvalue weighted by Gasteiger charge is 2.19. The summed E-state index contributed by atoms with van der Waals surface area (Å²) >= 11 is 0. The lowest BCUT2D eigenvalue weighted by molar-refractivity contribution is 0.248. The first-order chi connectivity index (χ1) is 12.2. The molecule has 0 aliphatic carbocycles. The lowest BCUT2D eigenvalue weighted by atomic mass is 10.1. The second kappa shape index (κ2) is 8.12. The Labute approximate surface area is 149 Å². The van der Waals surface area contributed by atoms with Crippen LogP contribution in [0.2, 0.25) is 0 Å². The van der Waals surface area contributed by atoms with Crippen LogP contribution in [0, 0.1) is 0 Å². The Morgan fingerprint density at radius 2 is 1.44 bits per heavy atom. The molecule has 1 aliphatic heterocycles. The molecule has 134 valence electrons. The van der Waals surface area contributed by atoms with Crippen molar-refractivity contribution >= 4 is 5.69 Å². The molecule has 0 bridgehead atoms. The van der Waals surface area contributed by atoms with Gasteiger partial charge in [0.15, 0.2) is 0 Å². The average Bonchev–Trinajstić information content (AvgIpc) is 2.68. The largest absolute Gasteiger partial charge is 0.497 e. The molecular formula is C20H26N2O3. The molecule has 0 spiro atoms. The van der Waals surface area contributed by atoms with Gasteiger partial charge in [-0.2, -0.15) is 0 Å². The molecule has 0 radical (unpaired) electrons. The molecule has 0 atom stereocenters. The fourth-order valence-corrected chi connectivity index (χ4v) is 3.25. The van der Waals surface area contributed by atoms with E-state index >= 15 is 0 Å². The van der Waals surface area contributed by atoms with Crippen LogP contribution in [0.25, 0.3) is 0 Å². The molecule has 0 aromatic heterocycles. The third kappa shape index (κ3) is 4.17. The van der Waals surface area contributed by atoms with Crippen LogP contribution in [0.4, 0.5) is 5.69 Å². The Hall–Kier alpha value is -2.40. The summed E-state index contributed by atoms with van der Waals surface area (Å²) in [5, 5.41) is 0. The van der Waals surface area contributed by atoms with Gasteiger partial charge in [0.05, 0.1) is 27.0 Å². The van der Waals surface area contributed by atoms with Crippen molar-refractivity contribution in [1.82, 2.24) is 4.90 Å². The third-order valence-corrected chi connectivity index (χ3v) is 4.62. The van der Waals surface area contributed by atoms with E-state index in [9.17, 15) is 0 Å². The number of hydrogen-bond donors (Lipinski definition) is 0. The van der Waals surface area contributed by atoms with Crippen molar-refractivity contribution in [3.8, 4) is 17.2 Å². The van der Waals surface area contributed by atoms with Gasteiger partial charge >= 0.3 is 0 Å². The summed E-state index contributed by atoms with van der Waals surface area (Å²) in [6.07, 6.45) is 0. The number of benzene rings is 2. The predicted molar refractivity (Wildman–Crippen MR) is 100 cm³/mol. The monoisotopic (exact) mass is 342 g/mol. The Balaban J connectivity index is 1.63. The maximum absolute atomic E-state index is 5.49. The van der Waals surface area contributed by atoms with Gasteiger partial charge in [-0.25, -0.2) is 0 Å². The molecule has 0 amide bonds. The summed E-state index contributed by atoms with van der Waals surface area (Å²) in [5.41, 5.74) is 2.38. The number of methoxy groups -OCH3 is 3. The van der Waals surface area contributed by atoms with Gasteiger partial charge in [-0.1, -0.05) is 12.1 Å². The lowest BCUT2D eigenvalue weighted by Gasteiger charge is -2.36. The Kier molecular flexibility index (Phi) is 5.66. The normalized spacial score (nSPS) is 15.1. The van der Waals surface area contributed by atoms with Crippen molar-refractivity contribution in [2.45, 2.75) is 6.54 Å². The van der Waals surface area contributed by atoms with Crippen LogP contribution in [0.3, 0.4) is 0 Å². The number of nitrogens with zero attached hydrogens (tertiary/aromatic N) is 2. The molecule has 5 nitrogen and oxygen atoms in total. The van der Waals surface area contributed by atoms with Crippen LogP contribution in [0.1, 0.15) is 5.56 Å². The van der Waals surface area contributed by atoms with Gasteiger partial charge in [0.2, 0.25) is 0 Å². The van der Waals surface area contributed by atoms with Crippen LogP contribution >= 0.6 is 0 Å². The molecule has 0 N–H and O–H groups in total. The first kappa shape index (κ1) is 17.4. The van der Waals surface area contributed by atoms with Crippen LogP contribution in [0.5, 0.6) is 17.2 Å². The zero-order valence-electron chi connectivity index (χ0n) is 15.2. The average molecular weight is 342 g/mol. The van der Waals surface area contributed by atoms with Crippen molar-refractivity contribution in [1.29, 1.82) is 0 Å². The SMILES string of the molecule is COc1cc(CN2CCN(c3ccccc3OC)CC2)cc(OC)c1. The first-order valence-corrected chi connectivity index (χ1v) is 8.55. The van der Waals surface area contributed by atoms with Gasteiger partial charge in [-0.3, -0.25) is 4.90 Å². The van der Waals surface area contributed by atoms with Crippen molar-refractivity contribution < 1.29 is 14.2 Å². The minimum absolute atomic E-state index is 0.835. The maximum Gasteiger partial charge on any atom is 0.142 e. The highest BCUT2D eigenvalue weighted by Crippen LogP contribution is 2.29. The predicted octanol–water partition coefficient (Wildman–Crippen LogP) is 3.03. The topological polar surface area (TPSA) is 34.2 Å². The van der Waals surface area contributed by atoms with E-state index in [1.807, 2.05) is 18.2 Å². The second-order valence-electron chi connectivity index (χ2n) is 6.16. The van der Waals surface area contributed by atoms with Gasteiger partial charge in [0, 0.05) is 38.8 Å². The van der Waals surface area contributed by atoms with Crippen LogP contribution < -0.4 is 19.1 Å². The molecule has 2 aromatic rings. The molecule has 25 heavy (non-hydrogen) atoms.